The number of ether oxygens (including phenoxy) is 3. The first-order valence-corrected chi connectivity index (χ1v) is 8.85. The number of rotatable bonds is 5. The van der Waals surface area contributed by atoms with Gasteiger partial charge in [-0.25, -0.2) is 0 Å². The fraction of sp³-hybridized carbons (Fsp3) is 0.474. The van der Waals surface area contributed by atoms with Gasteiger partial charge < -0.3 is 24.0 Å². The Morgan fingerprint density at radius 2 is 1.77 bits per heavy atom. The van der Waals surface area contributed by atoms with E-state index in [1.165, 1.54) is 12.2 Å². The third-order valence-corrected chi connectivity index (χ3v) is 4.41. The highest BCUT2D eigenvalue weighted by Crippen LogP contribution is 2.42. The zero-order valence-electron chi connectivity index (χ0n) is 15.2. The number of allylic oxidation sites excluding steroid dienone is 1. The topological polar surface area (TPSA) is 68.3 Å². The number of carbonyl (C=O) groups excluding carboxylic acids is 2. The Morgan fingerprint density at radius 1 is 1.08 bits per heavy atom. The maximum absolute atomic E-state index is 12.6. The van der Waals surface area contributed by atoms with Crippen LogP contribution in [0.2, 0.25) is 0 Å². The van der Waals surface area contributed by atoms with Crippen molar-refractivity contribution in [2.75, 3.05) is 53.0 Å². The SMILES string of the molecule is CCOc1ccc(C(=O)C=CC(=O)N2CCN(C)CC2)c2c1OCCO2. The van der Waals surface area contributed by atoms with Crippen LogP contribution in [-0.4, -0.2) is 74.5 Å². The largest absolute Gasteiger partial charge is 0.490 e. The molecule has 140 valence electrons. The molecule has 0 spiro atoms. The van der Waals surface area contributed by atoms with Crippen molar-refractivity contribution in [1.29, 1.82) is 0 Å². The molecule has 1 aromatic carbocycles. The predicted octanol–water partition coefficient (Wildman–Crippen LogP) is 1.37. The van der Waals surface area contributed by atoms with Crippen molar-refractivity contribution < 1.29 is 23.8 Å². The van der Waals surface area contributed by atoms with Gasteiger partial charge in [0.15, 0.2) is 17.3 Å². The molecule has 0 aromatic heterocycles. The average molecular weight is 360 g/mol. The third kappa shape index (κ3) is 3.99. The lowest BCUT2D eigenvalue weighted by Crippen LogP contribution is -2.46. The highest BCUT2D eigenvalue weighted by Gasteiger charge is 2.24. The van der Waals surface area contributed by atoms with Crippen LogP contribution >= 0.6 is 0 Å². The van der Waals surface area contributed by atoms with Crippen LogP contribution in [0.4, 0.5) is 0 Å². The zero-order chi connectivity index (χ0) is 18.5. The molecule has 2 heterocycles. The van der Waals surface area contributed by atoms with Gasteiger partial charge in [-0.05, 0) is 32.2 Å². The number of likely N-dealkylation sites (N-methyl/N-ethyl adjacent to an activating group) is 1. The third-order valence-electron chi connectivity index (χ3n) is 4.41. The number of hydrogen-bond donors (Lipinski definition) is 0. The lowest BCUT2D eigenvalue weighted by atomic mass is 10.1. The number of benzene rings is 1. The molecule has 0 N–H and O–H groups in total. The molecule has 0 atom stereocenters. The van der Waals surface area contributed by atoms with Crippen LogP contribution in [0, 0.1) is 0 Å². The second-order valence-electron chi connectivity index (χ2n) is 6.23. The molecule has 1 aromatic rings. The molecule has 7 heteroatoms. The van der Waals surface area contributed by atoms with Gasteiger partial charge in [-0.1, -0.05) is 0 Å². The first-order chi connectivity index (χ1) is 12.6. The number of amides is 1. The summed E-state index contributed by atoms with van der Waals surface area (Å²) in [6.45, 7) is 6.16. The number of piperazine rings is 1. The minimum absolute atomic E-state index is 0.150. The predicted molar refractivity (Wildman–Crippen MR) is 96.1 cm³/mol. The lowest BCUT2D eigenvalue weighted by molar-refractivity contribution is -0.127. The van der Waals surface area contributed by atoms with Gasteiger partial charge in [0.1, 0.15) is 13.2 Å². The summed E-state index contributed by atoms with van der Waals surface area (Å²) in [6.07, 6.45) is 2.63. The van der Waals surface area contributed by atoms with Crippen molar-refractivity contribution in [3.63, 3.8) is 0 Å². The van der Waals surface area contributed by atoms with Gasteiger partial charge >= 0.3 is 0 Å². The highest BCUT2D eigenvalue weighted by atomic mass is 16.6. The molecule has 26 heavy (non-hydrogen) atoms. The van der Waals surface area contributed by atoms with E-state index < -0.39 is 0 Å². The summed E-state index contributed by atoms with van der Waals surface area (Å²) in [5.41, 5.74) is 0.366. The summed E-state index contributed by atoms with van der Waals surface area (Å²) in [6, 6.07) is 3.34. The van der Waals surface area contributed by atoms with Crippen molar-refractivity contribution in [2.24, 2.45) is 0 Å². The Kier molecular flexibility index (Phi) is 5.78. The maximum atomic E-state index is 12.6. The quantitative estimate of drug-likeness (QED) is 0.584. The minimum Gasteiger partial charge on any atom is -0.490 e. The molecule has 0 saturated carbocycles. The maximum Gasteiger partial charge on any atom is 0.246 e. The summed E-state index contributed by atoms with van der Waals surface area (Å²) in [5.74, 6) is 0.934. The molecule has 3 rings (SSSR count). The summed E-state index contributed by atoms with van der Waals surface area (Å²) in [4.78, 5) is 28.8. The van der Waals surface area contributed by atoms with Crippen LogP contribution in [0.25, 0.3) is 0 Å². The molecule has 1 amide bonds. The summed E-state index contributed by atoms with van der Waals surface area (Å²) < 4.78 is 16.8. The number of hydrogen-bond acceptors (Lipinski definition) is 6. The van der Waals surface area contributed by atoms with Gasteiger partial charge in [-0.2, -0.15) is 0 Å². The van der Waals surface area contributed by atoms with Crippen LogP contribution in [0.5, 0.6) is 17.2 Å². The fourth-order valence-electron chi connectivity index (χ4n) is 2.94. The Hall–Kier alpha value is -2.54. The average Bonchev–Trinajstić information content (AvgIpc) is 2.67. The molecule has 0 bridgehead atoms. The van der Waals surface area contributed by atoms with Gasteiger partial charge in [0, 0.05) is 32.3 Å². The highest BCUT2D eigenvalue weighted by molar-refractivity contribution is 6.10. The number of ketones is 1. The molecular weight excluding hydrogens is 336 g/mol. The van der Waals surface area contributed by atoms with Crippen molar-refractivity contribution in [3.8, 4) is 17.2 Å². The second kappa shape index (κ2) is 8.23. The van der Waals surface area contributed by atoms with Crippen LogP contribution in [0.1, 0.15) is 17.3 Å². The molecule has 7 nitrogen and oxygen atoms in total. The van der Waals surface area contributed by atoms with Crippen molar-refractivity contribution in [1.82, 2.24) is 9.80 Å². The van der Waals surface area contributed by atoms with Crippen LogP contribution < -0.4 is 14.2 Å². The molecule has 0 unspecified atom stereocenters. The fourth-order valence-corrected chi connectivity index (χ4v) is 2.94. The van der Waals surface area contributed by atoms with E-state index in [2.05, 4.69) is 4.90 Å². The smallest absolute Gasteiger partial charge is 0.246 e. The van der Waals surface area contributed by atoms with Gasteiger partial charge in [0.2, 0.25) is 11.7 Å². The molecule has 0 aliphatic carbocycles. The first kappa shape index (κ1) is 18.3. The summed E-state index contributed by atoms with van der Waals surface area (Å²) in [7, 11) is 2.03. The second-order valence-corrected chi connectivity index (χ2v) is 6.23. The Bertz CT molecular complexity index is 708. The molecule has 0 radical (unpaired) electrons. The van der Waals surface area contributed by atoms with Crippen LogP contribution in [0.15, 0.2) is 24.3 Å². The molecule has 1 fully saturated rings. The minimum atomic E-state index is -0.294. The lowest BCUT2D eigenvalue weighted by Gasteiger charge is -2.31. The number of fused-ring (bicyclic) bond motifs is 1. The van der Waals surface area contributed by atoms with E-state index in [4.69, 9.17) is 14.2 Å². The monoisotopic (exact) mass is 360 g/mol. The standard InChI is InChI=1S/C19H24N2O5/c1-3-24-16-6-4-14(18-19(16)26-13-12-25-18)15(22)5-7-17(23)21-10-8-20(2)9-11-21/h4-7H,3,8-13H2,1-2H3. The summed E-state index contributed by atoms with van der Waals surface area (Å²) in [5, 5.41) is 0. The summed E-state index contributed by atoms with van der Waals surface area (Å²) >= 11 is 0. The van der Waals surface area contributed by atoms with Crippen LogP contribution in [0.3, 0.4) is 0 Å². The Labute approximate surface area is 153 Å². The zero-order valence-corrected chi connectivity index (χ0v) is 15.2. The van der Waals surface area contributed by atoms with E-state index in [9.17, 15) is 9.59 Å². The van der Waals surface area contributed by atoms with Gasteiger partial charge in [0.25, 0.3) is 0 Å². The van der Waals surface area contributed by atoms with E-state index >= 15 is 0 Å². The van der Waals surface area contributed by atoms with Crippen molar-refractivity contribution in [3.05, 3.63) is 29.8 Å². The van der Waals surface area contributed by atoms with E-state index in [0.29, 0.717) is 55.7 Å². The van der Waals surface area contributed by atoms with Gasteiger partial charge in [-0.3, -0.25) is 9.59 Å². The van der Waals surface area contributed by atoms with E-state index in [1.807, 2.05) is 14.0 Å². The number of carbonyl (C=O) groups is 2. The van der Waals surface area contributed by atoms with Crippen molar-refractivity contribution >= 4 is 11.7 Å². The van der Waals surface area contributed by atoms with E-state index in [1.54, 1.807) is 17.0 Å². The van der Waals surface area contributed by atoms with E-state index in [-0.39, 0.29) is 11.7 Å². The van der Waals surface area contributed by atoms with E-state index in [0.717, 1.165) is 13.1 Å². The molecule has 2 aliphatic rings. The Balaban J connectivity index is 1.74. The normalized spacial score (nSPS) is 17.4. The molecule has 1 saturated heterocycles. The number of nitrogens with zero attached hydrogens (tertiary/aromatic N) is 2. The van der Waals surface area contributed by atoms with Crippen LogP contribution in [-0.2, 0) is 4.79 Å². The van der Waals surface area contributed by atoms with Gasteiger partial charge in [0.05, 0.1) is 12.2 Å². The Morgan fingerprint density at radius 3 is 2.46 bits per heavy atom. The molecule has 2 aliphatic heterocycles. The molecular formula is C19H24N2O5. The van der Waals surface area contributed by atoms with Crippen molar-refractivity contribution in [2.45, 2.75) is 6.92 Å². The first-order valence-electron chi connectivity index (χ1n) is 8.85. The van der Waals surface area contributed by atoms with Gasteiger partial charge in [-0.15, -0.1) is 0 Å².